The Morgan fingerprint density at radius 3 is 0.607 bits per heavy atom. The van der Waals surface area contributed by atoms with Gasteiger partial charge in [0.2, 0.25) is 39.3 Å². The third-order valence-electron chi connectivity index (χ3n) is 8.61. The van der Waals surface area contributed by atoms with Crippen molar-refractivity contribution in [3.63, 3.8) is 0 Å². The topological polar surface area (TPSA) is 254 Å². The lowest BCUT2D eigenvalue weighted by Crippen LogP contribution is -2.14. The summed E-state index contributed by atoms with van der Waals surface area (Å²) in [5.74, 6) is -5.62. The second-order valence-electron chi connectivity index (χ2n) is 12.3. The summed E-state index contributed by atoms with van der Waals surface area (Å²) in [7, 11) is -21.2. The van der Waals surface area contributed by atoms with Gasteiger partial charge in [0, 0.05) is 26.4 Å². The minimum atomic E-state index is -5.30. The van der Waals surface area contributed by atoms with Crippen LogP contribution in [0.3, 0.4) is 0 Å². The van der Waals surface area contributed by atoms with Crippen LogP contribution in [0.15, 0.2) is 87.7 Å². The summed E-state index contributed by atoms with van der Waals surface area (Å²) in [6.07, 6.45) is 0. The second-order valence-corrected chi connectivity index (χ2v) is 19.9. The number of sulfone groups is 4. The van der Waals surface area contributed by atoms with E-state index in [0.717, 1.165) is 48.5 Å². The summed E-state index contributed by atoms with van der Waals surface area (Å²) in [5, 5.41) is 46.4. The molecule has 0 atom stereocenters. The zero-order valence-electron chi connectivity index (χ0n) is 30.6. The number of rotatable bonds is 12. The van der Waals surface area contributed by atoms with Crippen LogP contribution >= 0.6 is 0 Å². The second kappa shape index (κ2) is 16.3. The Bertz CT molecular complexity index is 2140. The Morgan fingerprint density at radius 2 is 0.482 bits per heavy atom. The van der Waals surface area contributed by atoms with Crippen molar-refractivity contribution in [3.8, 4) is 23.0 Å². The molecule has 20 heteroatoms. The van der Waals surface area contributed by atoms with Crippen LogP contribution in [0.5, 0.6) is 23.0 Å². The molecule has 0 saturated carbocycles. The van der Waals surface area contributed by atoms with Crippen molar-refractivity contribution >= 4 is 39.3 Å². The van der Waals surface area contributed by atoms with Crippen molar-refractivity contribution in [3.05, 3.63) is 70.8 Å². The fourth-order valence-corrected chi connectivity index (χ4v) is 12.4. The Hall–Kier alpha value is -4.28. The number of hydrogen-bond acceptors (Lipinski definition) is 16. The first-order valence-corrected chi connectivity index (χ1v) is 23.0. The molecule has 0 unspecified atom stereocenters. The van der Waals surface area contributed by atoms with Crippen LogP contribution < -0.4 is 0 Å². The highest BCUT2D eigenvalue weighted by Crippen LogP contribution is 2.48. The van der Waals surface area contributed by atoms with E-state index in [-0.39, 0.29) is 48.7 Å². The van der Waals surface area contributed by atoms with E-state index >= 15 is 0 Å². The molecule has 4 aromatic rings. The van der Waals surface area contributed by atoms with Gasteiger partial charge in [0.15, 0.2) is 23.0 Å². The van der Waals surface area contributed by atoms with Crippen molar-refractivity contribution in [1.82, 2.24) is 0 Å². The van der Waals surface area contributed by atoms with Crippen LogP contribution in [0.4, 0.5) is 0 Å². The van der Waals surface area contributed by atoms with Crippen LogP contribution in [0.2, 0.25) is 0 Å². The van der Waals surface area contributed by atoms with Gasteiger partial charge in [0.25, 0.3) is 0 Å². The molecule has 4 N–H and O–H groups in total. The van der Waals surface area contributed by atoms with E-state index in [2.05, 4.69) is 0 Å². The first kappa shape index (κ1) is 42.9. The lowest BCUT2D eigenvalue weighted by molar-refractivity contribution is 0.133. The predicted molar refractivity (Wildman–Crippen MR) is 196 cm³/mol. The summed E-state index contributed by atoms with van der Waals surface area (Å²) in [4.78, 5) is -8.93. The molecule has 56 heavy (non-hydrogen) atoms. The molecule has 0 amide bonds. The highest BCUT2D eigenvalue weighted by Gasteiger charge is 2.40. The first-order valence-electron chi connectivity index (χ1n) is 17.0. The van der Waals surface area contributed by atoms with Gasteiger partial charge in [-0.05, 0) is 98.5 Å². The number of phenolic OH excluding ortho intramolecular Hbond substituents is 4. The van der Waals surface area contributed by atoms with Crippen molar-refractivity contribution in [2.24, 2.45) is 0 Å². The van der Waals surface area contributed by atoms with E-state index in [1.807, 2.05) is 0 Å². The summed E-state index contributed by atoms with van der Waals surface area (Å²) in [5.41, 5.74) is -0.555. The molecule has 16 nitrogen and oxygen atoms in total. The van der Waals surface area contributed by atoms with Crippen molar-refractivity contribution in [2.45, 2.75) is 93.3 Å². The van der Waals surface area contributed by atoms with Gasteiger partial charge in [0.1, 0.15) is 39.2 Å². The van der Waals surface area contributed by atoms with Crippen LogP contribution in [0.1, 0.15) is 49.9 Å². The van der Waals surface area contributed by atoms with E-state index in [0.29, 0.717) is 0 Å². The van der Waals surface area contributed by atoms with Crippen molar-refractivity contribution in [1.29, 1.82) is 0 Å². The molecule has 1 aliphatic rings. The summed E-state index contributed by atoms with van der Waals surface area (Å²) < 4.78 is 138. The SMILES string of the molecule is CCOCc1cc2c(O)c(c1)S(=O)(=O)c1cc(COCC)cc(c1O)S(=O)(=O)c1cc(COCC)cc(c1O)S(=O)(=O)c1cc(COCC)cc(c1O)S2(=O)=O. The molecule has 4 aromatic carbocycles. The van der Waals surface area contributed by atoms with Crippen molar-refractivity contribution < 1.29 is 73.0 Å². The van der Waals surface area contributed by atoms with Crippen LogP contribution in [-0.4, -0.2) is 80.5 Å². The maximum atomic E-state index is 14.6. The zero-order valence-corrected chi connectivity index (χ0v) is 33.9. The molecule has 0 radical (unpaired) electrons. The number of phenols is 4. The Balaban J connectivity index is 2.08. The third kappa shape index (κ3) is 7.71. The fraction of sp³-hybridized carbons (Fsp3) is 0.333. The molecule has 0 aliphatic carbocycles. The molecule has 8 bridgehead atoms. The summed E-state index contributed by atoms with van der Waals surface area (Å²) in [6.45, 7) is 5.05. The standard InChI is InChI=1S/C36H40O16S4/c1-5-49-17-21-9-25-33(37)26(10-21)54(43,44)28-12-23(19-51-7-3)14-30(35(28)39)56(47,48)32-16-24(20-52-8-4)15-31(36(32)40)55(45,46)29-13-22(18-50-6-2)11-27(34(29)38)53(25,41)42/h9-16,37-40H,5-8,17-20H2,1-4H3. The Kier molecular flexibility index (Phi) is 12.5. The monoisotopic (exact) mass is 856 g/mol. The van der Waals surface area contributed by atoms with Gasteiger partial charge in [-0.25, -0.2) is 33.7 Å². The molecule has 0 fully saturated rings. The quantitative estimate of drug-likeness (QED) is 0.136. The molecule has 1 heterocycles. The molecule has 0 spiro atoms. The van der Waals surface area contributed by atoms with Gasteiger partial charge in [-0.15, -0.1) is 0 Å². The molecular weight excluding hydrogens is 817 g/mol. The van der Waals surface area contributed by atoms with E-state index in [1.54, 1.807) is 27.7 Å². The van der Waals surface area contributed by atoms with Gasteiger partial charge < -0.3 is 39.4 Å². The molecule has 304 valence electrons. The normalized spacial score (nSPS) is 16.4. The Labute approximate surface area is 324 Å². The highest BCUT2D eigenvalue weighted by molar-refractivity contribution is 7.94. The minimum Gasteiger partial charge on any atom is -0.505 e. The van der Waals surface area contributed by atoms with Gasteiger partial charge >= 0.3 is 0 Å². The third-order valence-corrected chi connectivity index (χ3v) is 15.7. The van der Waals surface area contributed by atoms with E-state index in [4.69, 9.17) is 18.9 Å². The molecule has 1 aliphatic heterocycles. The maximum Gasteiger partial charge on any atom is 0.214 e. The van der Waals surface area contributed by atoms with Crippen LogP contribution in [0.25, 0.3) is 0 Å². The van der Waals surface area contributed by atoms with Gasteiger partial charge in [-0.3, -0.25) is 0 Å². The van der Waals surface area contributed by atoms with E-state index in [9.17, 15) is 54.1 Å². The maximum absolute atomic E-state index is 14.6. The average molecular weight is 857 g/mol. The molecule has 0 aromatic heterocycles. The summed E-state index contributed by atoms with van der Waals surface area (Å²) >= 11 is 0. The number of fused-ring (bicyclic) bond motifs is 8. The predicted octanol–water partition coefficient (Wildman–Crippen LogP) is 4.30. The molecule has 5 rings (SSSR count). The molecular formula is C36H40O16S4. The number of aromatic hydroxyl groups is 4. The first-order chi connectivity index (χ1) is 26.3. The highest BCUT2D eigenvalue weighted by atomic mass is 32.2. The zero-order chi connectivity index (χ0) is 41.4. The summed E-state index contributed by atoms with van der Waals surface area (Å²) in [6, 6.07) is 6.90. The van der Waals surface area contributed by atoms with E-state index < -0.39 is 128 Å². The minimum absolute atomic E-state index is 0.0767. The number of ether oxygens (including phenoxy) is 4. The lowest BCUT2D eigenvalue weighted by atomic mass is 10.2. The van der Waals surface area contributed by atoms with Crippen LogP contribution in [0, 0.1) is 0 Å². The smallest absolute Gasteiger partial charge is 0.214 e. The Morgan fingerprint density at radius 1 is 0.339 bits per heavy atom. The lowest BCUT2D eigenvalue weighted by Gasteiger charge is -2.20. The van der Waals surface area contributed by atoms with E-state index in [1.165, 1.54) is 0 Å². The van der Waals surface area contributed by atoms with Gasteiger partial charge in [-0.1, -0.05) is 0 Å². The fourth-order valence-electron chi connectivity index (χ4n) is 5.87. The van der Waals surface area contributed by atoms with Gasteiger partial charge in [0.05, 0.1) is 26.4 Å². The van der Waals surface area contributed by atoms with Crippen LogP contribution in [-0.2, 0) is 84.7 Å². The molecule has 0 saturated heterocycles. The largest absolute Gasteiger partial charge is 0.505 e. The number of benzene rings is 4. The van der Waals surface area contributed by atoms with Gasteiger partial charge in [-0.2, -0.15) is 0 Å². The number of hydrogen-bond donors (Lipinski definition) is 4. The average Bonchev–Trinajstić information content (AvgIpc) is 3.15. The van der Waals surface area contributed by atoms with Crippen molar-refractivity contribution in [2.75, 3.05) is 26.4 Å².